The van der Waals surface area contributed by atoms with Crippen LogP contribution in [0, 0.1) is 5.92 Å². The highest BCUT2D eigenvalue weighted by atomic mass is 35.5. The van der Waals surface area contributed by atoms with Gasteiger partial charge < -0.3 is 9.88 Å². The molecule has 3 rings (SSSR count). The predicted molar refractivity (Wildman–Crippen MR) is 77.4 cm³/mol. The third kappa shape index (κ3) is 2.70. The summed E-state index contributed by atoms with van der Waals surface area (Å²) in [6.07, 6.45) is 5.57. The first kappa shape index (κ1) is 13.2. The van der Waals surface area contributed by atoms with Crippen LogP contribution in [0.4, 0.5) is 0 Å². The Morgan fingerprint density at radius 1 is 1.50 bits per heavy atom. The number of nitrogens with one attached hydrogen (secondary N) is 1. The number of nitrogens with zero attached hydrogens (tertiary/aromatic N) is 2. The van der Waals surface area contributed by atoms with Crippen LogP contribution in [0.25, 0.3) is 0 Å². The second-order valence-corrected chi connectivity index (χ2v) is 5.60. The molecule has 2 aromatic rings. The summed E-state index contributed by atoms with van der Waals surface area (Å²) in [4.78, 5) is 16.5. The Hall–Kier alpha value is -1.81. The van der Waals surface area contributed by atoms with Crippen molar-refractivity contribution < 1.29 is 4.79 Å². The number of carbonyl (C=O) groups excluding carboxylic acids is 1. The summed E-state index contributed by atoms with van der Waals surface area (Å²) in [5, 5.41) is 3.74. The third-order valence-corrected chi connectivity index (χ3v) is 3.77. The number of imidazole rings is 1. The van der Waals surface area contributed by atoms with Gasteiger partial charge in [0.2, 0.25) is 5.91 Å². The van der Waals surface area contributed by atoms with E-state index in [1.807, 2.05) is 42.1 Å². The lowest BCUT2D eigenvalue weighted by Gasteiger charge is -2.19. The van der Waals surface area contributed by atoms with Crippen molar-refractivity contribution in [2.75, 3.05) is 0 Å². The highest BCUT2D eigenvalue weighted by Crippen LogP contribution is 2.31. The van der Waals surface area contributed by atoms with E-state index in [0.29, 0.717) is 5.02 Å². The molecule has 104 valence electrons. The van der Waals surface area contributed by atoms with Crippen LogP contribution in [0.1, 0.15) is 30.3 Å². The number of hydrogen-bond donors (Lipinski definition) is 1. The van der Waals surface area contributed by atoms with Crippen molar-refractivity contribution in [3.63, 3.8) is 0 Å². The minimum absolute atomic E-state index is 0.0953. The Balaban J connectivity index is 1.94. The zero-order valence-corrected chi connectivity index (χ0v) is 12.0. The Labute approximate surface area is 122 Å². The summed E-state index contributed by atoms with van der Waals surface area (Å²) < 4.78 is 1.92. The molecule has 1 aromatic carbocycles. The van der Waals surface area contributed by atoms with Gasteiger partial charge in [0.15, 0.2) is 0 Å². The summed E-state index contributed by atoms with van der Waals surface area (Å²) in [6.45, 7) is 0. The van der Waals surface area contributed by atoms with Crippen molar-refractivity contribution in [1.29, 1.82) is 0 Å². The molecule has 1 unspecified atom stereocenters. The van der Waals surface area contributed by atoms with Crippen LogP contribution in [0.5, 0.6) is 0 Å². The van der Waals surface area contributed by atoms with Crippen LogP contribution < -0.4 is 5.32 Å². The highest BCUT2D eigenvalue weighted by Gasteiger charge is 2.32. The first-order valence-electron chi connectivity index (χ1n) is 6.68. The van der Waals surface area contributed by atoms with Crippen molar-refractivity contribution in [2.24, 2.45) is 13.0 Å². The molecule has 1 atom stereocenters. The van der Waals surface area contributed by atoms with Crippen molar-refractivity contribution in [3.05, 3.63) is 53.1 Å². The van der Waals surface area contributed by atoms with Crippen LogP contribution in [0.3, 0.4) is 0 Å². The normalized spacial score (nSPS) is 15.9. The second kappa shape index (κ2) is 5.29. The fourth-order valence-electron chi connectivity index (χ4n) is 2.24. The van der Waals surface area contributed by atoms with Gasteiger partial charge in [0.05, 0.1) is 0 Å². The molecule has 5 heteroatoms. The molecule has 1 aromatic heterocycles. The summed E-state index contributed by atoms with van der Waals surface area (Å²) in [5.74, 6) is 1.07. The van der Waals surface area contributed by atoms with E-state index in [0.717, 1.165) is 24.2 Å². The van der Waals surface area contributed by atoms with E-state index < -0.39 is 0 Å². The fourth-order valence-corrected chi connectivity index (χ4v) is 2.44. The van der Waals surface area contributed by atoms with E-state index in [9.17, 15) is 4.79 Å². The van der Waals surface area contributed by atoms with Crippen LogP contribution >= 0.6 is 11.6 Å². The minimum atomic E-state index is -0.262. The van der Waals surface area contributed by atoms with Gasteiger partial charge in [-0.1, -0.05) is 23.7 Å². The van der Waals surface area contributed by atoms with Gasteiger partial charge in [0, 0.05) is 30.4 Å². The molecule has 1 amide bonds. The standard InChI is InChI=1S/C15H16ClN3O/c1-19-8-7-17-14(19)13(18-15(20)10-5-6-10)11-3-2-4-12(16)9-11/h2-4,7-10,13H,5-6H2,1H3,(H,18,20). The molecule has 0 aliphatic heterocycles. The zero-order valence-electron chi connectivity index (χ0n) is 11.2. The molecule has 1 aliphatic carbocycles. The molecule has 0 spiro atoms. The largest absolute Gasteiger partial charge is 0.342 e. The van der Waals surface area contributed by atoms with Crippen LogP contribution in [0.15, 0.2) is 36.7 Å². The zero-order chi connectivity index (χ0) is 14.1. The van der Waals surface area contributed by atoms with Crippen LogP contribution in [0.2, 0.25) is 5.02 Å². The van der Waals surface area contributed by atoms with E-state index >= 15 is 0 Å². The van der Waals surface area contributed by atoms with Crippen LogP contribution in [-0.4, -0.2) is 15.5 Å². The van der Waals surface area contributed by atoms with E-state index in [1.54, 1.807) is 6.20 Å². The van der Waals surface area contributed by atoms with Crippen molar-refractivity contribution >= 4 is 17.5 Å². The lowest BCUT2D eigenvalue weighted by molar-refractivity contribution is -0.122. The maximum absolute atomic E-state index is 12.1. The summed E-state index contributed by atoms with van der Waals surface area (Å²) in [5.41, 5.74) is 0.945. The molecule has 0 radical (unpaired) electrons. The van der Waals surface area contributed by atoms with Crippen molar-refractivity contribution in [3.8, 4) is 0 Å². The number of benzene rings is 1. The smallest absolute Gasteiger partial charge is 0.223 e. The Bertz CT molecular complexity index is 634. The summed E-state index contributed by atoms with van der Waals surface area (Å²) in [7, 11) is 1.92. The Kier molecular flexibility index (Phi) is 3.49. The molecule has 0 bridgehead atoms. The summed E-state index contributed by atoms with van der Waals surface area (Å²) >= 11 is 6.06. The maximum Gasteiger partial charge on any atom is 0.223 e. The van der Waals surface area contributed by atoms with Crippen LogP contribution in [-0.2, 0) is 11.8 Å². The molecule has 1 heterocycles. The monoisotopic (exact) mass is 289 g/mol. The number of amides is 1. The minimum Gasteiger partial charge on any atom is -0.342 e. The predicted octanol–water partition coefficient (Wildman–Crippen LogP) is 2.69. The van der Waals surface area contributed by atoms with Gasteiger partial charge in [0.25, 0.3) is 0 Å². The topological polar surface area (TPSA) is 46.9 Å². The van der Waals surface area contributed by atoms with E-state index in [1.165, 1.54) is 0 Å². The molecule has 1 N–H and O–H groups in total. The van der Waals surface area contributed by atoms with Gasteiger partial charge in [-0.05, 0) is 30.5 Å². The first-order chi connectivity index (χ1) is 9.65. The Morgan fingerprint density at radius 2 is 2.30 bits per heavy atom. The molecular formula is C15H16ClN3O. The summed E-state index contributed by atoms with van der Waals surface area (Å²) in [6, 6.07) is 7.27. The van der Waals surface area contributed by atoms with Gasteiger partial charge in [-0.25, -0.2) is 4.98 Å². The highest BCUT2D eigenvalue weighted by molar-refractivity contribution is 6.30. The number of aryl methyl sites for hydroxylation is 1. The number of halogens is 1. The Morgan fingerprint density at radius 3 is 2.90 bits per heavy atom. The average Bonchev–Trinajstić information content (AvgIpc) is 3.19. The average molecular weight is 290 g/mol. The number of rotatable bonds is 4. The van der Waals surface area contributed by atoms with Gasteiger partial charge in [-0.2, -0.15) is 0 Å². The second-order valence-electron chi connectivity index (χ2n) is 5.17. The maximum atomic E-state index is 12.1. The molecule has 0 saturated heterocycles. The molecule has 20 heavy (non-hydrogen) atoms. The fraction of sp³-hybridized carbons (Fsp3) is 0.333. The molecule has 1 saturated carbocycles. The van der Waals surface area contributed by atoms with E-state index in [4.69, 9.17) is 11.6 Å². The molecule has 1 fully saturated rings. The van der Waals surface area contributed by atoms with E-state index in [-0.39, 0.29) is 17.9 Å². The van der Waals surface area contributed by atoms with E-state index in [2.05, 4.69) is 10.3 Å². The first-order valence-corrected chi connectivity index (χ1v) is 7.06. The number of aromatic nitrogens is 2. The van der Waals surface area contributed by atoms with Crippen molar-refractivity contribution in [2.45, 2.75) is 18.9 Å². The number of carbonyl (C=O) groups is 1. The quantitative estimate of drug-likeness (QED) is 0.941. The van der Waals surface area contributed by atoms with Gasteiger partial charge in [-0.3, -0.25) is 4.79 Å². The molecule has 4 nitrogen and oxygen atoms in total. The molecular weight excluding hydrogens is 274 g/mol. The molecule has 1 aliphatic rings. The lowest BCUT2D eigenvalue weighted by Crippen LogP contribution is -2.32. The van der Waals surface area contributed by atoms with Crippen molar-refractivity contribution in [1.82, 2.24) is 14.9 Å². The van der Waals surface area contributed by atoms with Gasteiger partial charge >= 0.3 is 0 Å². The van der Waals surface area contributed by atoms with Gasteiger partial charge in [0.1, 0.15) is 11.9 Å². The number of hydrogen-bond acceptors (Lipinski definition) is 2. The third-order valence-electron chi connectivity index (χ3n) is 3.53. The SMILES string of the molecule is Cn1ccnc1C(NC(=O)C1CC1)c1cccc(Cl)c1. The lowest BCUT2D eigenvalue weighted by atomic mass is 10.1. The van der Waals surface area contributed by atoms with Gasteiger partial charge in [-0.15, -0.1) is 0 Å².